The van der Waals surface area contributed by atoms with Crippen LogP contribution in [0, 0.1) is 22.0 Å². The molecule has 1 saturated heterocycles. The van der Waals surface area contributed by atoms with Gasteiger partial charge in [0.05, 0.1) is 16.8 Å². The summed E-state index contributed by atoms with van der Waals surface area (Å²) in [4.78, 5) is 62.8. The van der Waals surface area contributed by atoms with Crippen LogP contribution in [0.15, 0.2) is 60.7 Å². The molecule has 2 aromatic carbocycles. The molecule has 0 unspecified atom stereocenters. The molecule has 0 radical (unpaired) electrons. The van der Waals surface area contributed by atoms with Crippen LogP contribution in [-0.2, 0) is 9.59 Å². The maximum absolute atomic E-state index is 13.4. The monoisotopic (exact) mass is 467 g/mol. The van der Waals surface area contributed by atoms with Crippen molar-refractivity contribution in [3.63, 3.8) is 0 Å². The number of hydrogen-bond acceptors (Lipinski definition) is 6. The lowest BCUT2D eigenvalue weighted by molar-refractivity contribution is -0.384. The molecule has 0 spiro atoms. The number of Topliss-reactive ketones (excluding diaryl/α,β-unsaturated/α-hetero) is 1. The first-order chi connectivity index (χ1) is 15.8. The summed E-state index contributed by atoms with van der Waals surface area (Å²) in [5, 5.41) is 13.0. The molecule has 2 aromatic rings. The number of nitrogens with zero attached hydrogens (tertiary/aromatic N) is 3. The van der Waals surface area contributed by atoms with Crippen molar-refractivity contribution in [3.8, 4) is 0 Å². The first kappa shape index (κ1) is 22.3. The normalized spacial score (nSPS) is 19.4. The molecule has 9 nitrogen and oxygen atoms in total. The highest BCUT2D eigenvalue weighted by atomic mass is 35.5. The Kier molecular flexibility index (Phi) is 6.06. The van der Waals surface area contributed by atoms with Gasteiger partial charge in [0.1, 0.15) is 6.54 Å². The molecule has 33 heavy (non-hydrogen) atoms. The van der Waals surface area contributed by atoms with Crippen LogP contribution >= 0.6 is 11.6 Å². The van der Waals surface area contributed by atoms with E-state index in [1.165, 1.54) is 36.4 Å². The number of allylic oxidation sites excluding steroid dienone is 2. The summed E-state index contributed by atoms with van der Waals surface area (Å²) in [6, 6.07) is 10.7. The molecule has 10 heteroatoms. The minimum Gasteiger partial charge on any atom is -0.292 e. The SMILES string of the molecule is O=C(CN(C(=O)c1ccc([N+](=O)[O-])cc1)N1C(=O)[C@@H]2CC=CC[C@H]2C1=O)c1ccc(Cl)cc1. The number of fused-ring (bicyclic) bond motifs is 1. The first-order valence-corrected chi connectivity index (χ1v) is 10.5. The van der Waals surface area contributed by atoms with E-state index in [0.29, 0.717) is 17.9 Å². The molecule has 4 rings (SSSR count). The van der Waals surface area contributed by atoms with Gasteiger partial charge in [-0.1, -0.05) is 23.8 Å². The van der Waals surface area contributed by atoms with E-state index in [4.69, 9.17) is 11.6 Å². The molecule has 1 aliphatic carbocycles. The zero-order valence-electron chi connectivity index (χ0n) is 17.2. The standard InChI is InChI=1S/C23H18ClN3O6/c24-16-9-5-14(6-10-16)20(28)13-25(21(29)15-7-11-17(12-8-15)27(32)33)26-22(30)18-3-1-2-4-19(18)23(26)31/h1-2,5-12,18-19H,3-4,13H2/t18-,19-/m1/s1. The second-order valence-electron chi connectivity index (χ2n) is 7.74. The van der Waals surface area contributed by atoms with Crippen LogP contribution < -0.4 is 0 Å². The summed E-state index contributed by atoms with van der Waals surface area (Å²) in [5.74, 6) is -3.58. The number of hydrogen-bond donors (Lipinski definition) is 0. The van der Waals surface area contributed by atoms with Crippen LogP contribution in [0.4, 0.5) is 5.69 Å². The first-order valence-electron chi connectivity index (χ1n) is 10.2. The van der Waals surface area contributed by atoms with E-state index in [1.807, 2.05) is 12.2 Å². The Morgan fingerprint density at radius 2 is 1.45 bits per heavy atom. The Balaban J connectivity index is 1.68. The van der Waals surface area contributed by atoms with Gasteiger partial charge in [0.25, 0.3) is 23.4 Å². The Hall–Kier alpha value is -3.85. The predicted molar refractivity (Wildman–Crippen MR) is 117 cm³/mol. The van der Waals surface area contributed by atoms with Gasteiger partial charge in [-0.25, -0.2) is 5.01 Å². The third-order valence-corrected chi connectivity index (χ3v) is 6.00. The average Bonchev–Trinajstić information content (AvgIpc) is 3.07. The van der Waals surface area contributed by atoms with Crippen molar-refractivity contribution < 1.29 is 24.1 Å². The van der Waals surface area contributed by atoms with E-state index in [2.05, 4.69) is 0 Å². The molecule has 2 atom stereocenters. The highest BCUT2D eigenvalue weighted by Gasteiger charge is 2.51. The van der Waals surface area contributed by atoms with Crippen LogP contribution in [0.25, 0.3) is 0 Å². The van der Waals surface area contributed by atoms with Gasteiger partial charge in [-0.05, 0) is 49.2 Å². The predicted octanol–water partition coefficient (Wildman–Crippen LogP) is 3.44. The number of nitro benzene ring substituents is 1. The van der Waals surface area contributed by atoms with Gasteiger partial charge in [-0.2, -0.15) is 5.01 Å². The third kappa shape index (κ3) is 4.27. The fraction of sp³-hybridized carbons (Fsp3) is 0.217. The minimum atomic E-state index is -0.791. The maximum Gasteiger partial charge on any atom is 0.273 e. The maximum atomic E-state index is 13.4. The number of amides is 3. The van der Waals surface area contributed by atoms with Crippen LogP contribution in [-0.4, -0.2) is 45.0 Å². The quantitative estimate of drug-likeness (QED) is 0.211. The van der Waals surface area contributed by atoms with E-state index in [1.54, 1.807) is 0 Å². The number of non-ortho nitro benzene ring substituents is 1. The summed E-state index contributed by atoms with van der Waals surface area (Å²) in [6.07, 6.45) is 4.38. The molecule has 2 aliphatic rings. The summed E-state index contributed by atoms with van der Waals surface area (Å²) in [7, 11) is 0. The molecule has 168 valence electrons. The largest absolute Gasteiger partial charge is 0.292 e. The number of halogens is 1. The molecular formula is C23H18ClN3O6. The minimum absolute atomic E-state index is 0.00176. The lowest BCUT2D eigenvalue weighted by atomic mass is 9.85. The number of ketones is 1. The summed E-state index contributed by atoms with van der Waals surface area (Å²) in [6.45, 7) is -0.568. The number of carbonyl (C=O) groups is 4. The molecular weight excluding hydrogens is 450 g/mol. The lowest BCUT2D eigenvalue weighted by Crippen LogP contribution is -2.52. The van der Waals surface area contributed by atoms with Crippen LogP contribution in [0.5, 0.6) is 0 Å². The topological polar surface area (TPSA) is 118 Å². The molecule has 0 bridgehead atoms. The second kappa shape index (κ2) is 8.95. The molecule has 0 saturated carbocycles. The fourth-order valence-corrected chi connectivity index (χ4v) is 4.12. The van der Waals surface area contributed by atoms with E-state index in [0.717, 1.165) is 22.2 Å². The van der Waals surface area contributed by atoms with E-state index < -0.39 is 46.8 Å². The summed E-state index contributed by atoms with van der Waals surface area (Å²) < 4.78 is 0. The summed E-state index contributed by atoms with van der Waals surface area (Å²) in [5.41, 5.74) is 0.0259. The van der Waals surface area contributed by atoms with Crippen LogP contribution in [0.2, 0.25) is 5.02 Å². The average molecular weight is 468 g/mol. The highest BCUT2D eigenvalue weighted by Crippen LogP contribution is 2.36. The van der Waals surface area contributed by atoms with Crippen molar-refractivity contribution >= 4 is 40.8 Å². The number of rotatable bonds is 6. The van der Waals surface area contributed by atoms with Gasteiger partial charge in [0.2, 0.25) is 0 Å². The number of hydrazine groups is 1. The van der Waals surface area contributed by atoms with Gasteiger partial charge < -0.3 is 0 Å². The Morgan fingerprint density at radius 3 is 1.97 bits per heavy atom. The van der Waals surface area contributed by atoms with Crippen molar-refractivity contribution in [1.29, 1.82) is 0 Å². The van der Waals surface area contributed by atoms with Gasteiger partial charge in [-0.3, -0.25) is 29.3 Å². The van der Waals surface area contributed by atoms with Crippen molar-refractivity contribution in [2.75, 3.05) is 6.54 Å². The number of imide groups is 1. The van der Waals surface area contributed by atoms with Crippen molar-refractivity contribution in [2.45, 2.75) is 12.8 Å². The zero-order chi connectivity index (χ0) is 23.7. The molecule has 0 aromatic heterocycles. The van der Waals surface area contributed by atoms with Crippen molar-refractivity contribution in [1.82, 2.24) is 10.0 Å². The van der Waals surface area contributed by atoms with Gasteiger partial charge >= 0.3 is 0 Å². The van der Waals surface area contributed by atoms with Crippen LogP contribution in [0.3, 0.4) is 0 Å². The Bertz CT molecular complexity index is 1150. The zero-order valence-corrected chi connectivity index (χ0v) is 18.0. The molecule has 0 N–H and O–H groups in total. The van der Waals surface area contributed by atoms with Gasteiger partial charge in [0.15, 0.2) is 5.78 Å². The number of benzene rings is 2. The Morgan fingerprint density at radius 1 is 0.939 bits per heavy atom. The molecule has 1 aliphatic heterocycles. The molecule has 1 fully saturated rings. The van der Waals surface area contributed by atoms with Gasteiger partial charge in [-0.15, -0.1) is 0 Å². The van der Waals surface area contributed by atoms with E-state index in [9.17, 15) is 29.3 Å². The number of nitro groups is 1. The number of carbonyl (C=O) groups excluding carboxylic acids is 4. The lowest BCUT2D eigenvalue weighted by Gasteiger charge is -2.30. The van der Waals surface area contributed by atoms with Crippen LogP contribution in [0.1, 0.15) is 33.6 Å². The Labute approximate surface area is 193 Å². The fourth-order valence-electron chi connectivity index (χ4n) is 3.99. The van der Waals surface area contributed by atoms with E-state index in [-0.39, 0.29) is 16.8 Å². The van der Waals surface area contributed by atoms with Gasteiger partial charge in [0, 0.05) is 28.3 Å². The van der Waals surface area contributed by atoms with Crippen molar-refractivity contribution in [2.24, 2.45) is 11.8 Å². The van der Waals surface area contributed by atoms with Crippen molar-refractivity contribution in [3.05, 3.63) is 86.9 Å². The molecule has 3 amide bonds. The third-order valence-electron chi connectivity index (χ3n) is 5.74. The molecule has 1 heterocycles. The van der Waals surface area contributed by atoms with E-state index >= 15 is 0 Å². The highest BCUT2D eigenvalue weighted by molar-refractivity contribution is 6.30. The summed E-state index contributed by atoms with van der Waals surface area (Å²) >= 11 is 5.87. The second-order valence-corrected chi connectivity index (χ2v) is 8.18. The smallest absolute Gasteiger partial charge is 0.273 e.